The number of hydrogen-bond donors (Lipinski definition) is 1. The number of benzene rings is 1. The van der Waals surface area contributed by atoms with Crippen LogP contribution in [0.5, 0.6) is 0 Å². The Hall–Kier alpha value is -2.04. The monoisotopic (exact) mass is 260 g/mol. The number of carbonyl (C=O) groups excluding carboxylic acids is 1. The molecule has 1 heterocycles. The molecule has 0 atom stereocenters. The van der Waals surface area contributed by atoms with Crippen molar-refractivity contribution in [1.29, 1.82) is 0 Å². The van der Waals surface area contributed by atoms with Crippen LogP contribution in [0, 0.1) is 0 Å². The van der Waals surface area contributed by atoms with Gasteiger partial charge in [0, 0.05) is 33.1 Å². The molecule has 1 aromatic carbocycles. The Labute approximate surface area is 113 Å². The molecule has 1 aromatic rings. The molecular weight excluding hydrogens is 240 g/mol. The van der Waals surface area contributed by atoms with E-state index in [9.17, 15) is 4.79 Å². The molecule has 1 amide bonds. The zero-order chi connectivity index (χ0) is 13.7. The third kappa shape index (κ3) is 3.71. The van der Waals surface area contributed by atoms with Gasteiger partial charge in [-0.1, -0.05) is 18.2 Å². The fraction of sp³-hybridized carbons (Fsp3) is 0.429. The van der Waals surface area contributed by atoms with E-state index in [4.69, 9.17) is 5.73 Å². The summed E-state index contributed by atoms with van der Waals surface area (Å²) in [5, 5.41) is 0. The zero-order valence-electron chi connectivity index (χ0n) is 11.2. The van der Waals surface area contributed by atoms with Crippen LogP contribution in [0.4, 0.5) is 5.69 Å². The number of carbonyl (C=O) groups is 1. The van der Waals surface area contributed by atoms with Gasteiger partial charge in [0.05, 0.1) is 5.69 Å². The smallest absolute Gasteiger partial charge is 0.219 e. The van der Waals surface area contributed by atoms with Crippen LogP contribution < -0.4 is 5.73 Å². The van der Waals surface area contributed by atoms with Crippen molar-refractivity contribution >= 4 is 17.6 Å². The van der Waals surface area contributed by atoms with Gasteiger partial charge < -0.3 is 15.5 Å². The number of hydrogen-bond acceptors (Lipinski definition) is 2. The van der Waals surface area contributed by atoms with Gasteiger partial charge in [-0.15, -0.1) is 0 Å². The SMILES string of the molecule is CC(=O)N1CCCN(C(N)=Nc2ccccc2)CC1. The van der Waals surface area contributed by atoms with Gasteiger partial charge >= 0.3 is 0 Å². The van der Waals surface area contributed by atoms with Crippen molar-refractivity contribution in [3.05, 3.63) is 30.3 Å². The van der Waals surface area contributed by atoms with Crippen LogP contribution in [0.25, 0.3) is 0 Å². The third-order valence-electron chi connectivity index (χ3n) is 3.27. The van der Waals surface area contributed by atoms with Crippen molar-refractivity contribution in [1.82, 2.24) is 9.80 Å². The summed E-state index contributed by atoms with van der Waals surface area (Å²) in [7, 11) is 0. The average Bonchev–Trinajstić information content (AvgIpc) is 2.65. The van der Waals surface area contributed by atoms with Crippen LogP contribution in [0.3, 0.4) is 0 Å². The van der Waals surface area contributed by atoms with E-state index in [2.05, 4.69) is 4.99 Å². The molecule has 0 unspecified atom stereocenters. The van der Waals surface area contributed by atoms with Crippen LogP contribution in [0.1, 0.15) is 13.3 Å². The maximum absolute atomic E-state index is 11.4. The summed E-state index contributed by atoms with van der Waals surface area (Å²) in [4.78, 5) is 19.7. The second-order valence-electron chi connectivity index (χ2n) is 4.65. The molecule has 102 valence electrons. The van der Waals surface area contributed by atoms with Crippen molar-refractivity contribution < 1.29 is 4.79 Å². The highest BCUT2D eigenvalue weighted by Gasteiger charge is 2.17. The van der Waals surface area contributed by atoms with Crippen molar-refractivity contribution in [3.8, 4) is 0 Å². The van der Waals surface area contributed by atoms with Gasteiger partial charge in [-0.3, -0.25) is 4.79 Å². The zero-order valence-corrected chi connectivity index (χ0v) is 11.2. The number of guanidine groups is 1. The molecule has 0 aromatic heterocycles. The third-order valence-corrected chi connectivity index (χ3v) is 3.27. The fourth-order valence-electron chi connectivity index (χ4n) is 2.17. The van der Waals surface area contributed by atoms with E-state index in [0.717, 1.165) is 31.7 Å². The van der Waals surface area contributed by atoms with Crippen molar-refractivity contribution in [2.75, 3.05) is 26.2 Å². The number of amides is 1. The maximum Gasteiger partial charge on any atom is 0.219 e. The Morgan fingerprint density at radius 2 is 1.74 bits per heavy atom. The Morgan fingerprint density at radius 1 is 1.11 bits per heavy atom. The molecule has 0 spiro atoms. The Bertz CT molecular complexity index is 458. The second kappa shape index (κ2) is 6.22. The minimum atomic E-state index is 0.125. The van der Waals surface area contributed by atoms with E-state index in [-0.39, 0.29) is 5.91 Å². The van der Waals surface area contributed by atoms with Crippen LogP contribution in [0.2, 0.25) is 0 Å². The molecule has 5 heteroatoms. The molecule has 5 nitrogen and oxygen atoms in total. The van der Waals surface area contributed by atoms with Crippen molar-refractivity contribution in [2.24, 2.45) is 10.7 Å². The highest BCUT2D eigenvalue weighted by Crippen LogP contribution is 2.11. The first-order valence-electron chi connectivity index (χ1n) is 6.56. The second-order valence-corrected chi connectivity index (χ2v) is 4.65. The summed E-state index contributed by atoms with van der Waals surface area (Å²) in [5.74, 6) is 0.650. The number of para-hydroxylation sites is 1. The van der Waals surface area contributed by atoms with Gasteiger partial charge in [0.25, 0.3) is 0 Å². The molecule has 0 radical (unpaired) electrons. The lowest BCUT2D eigenvalue weighted by atomic mass is 10.3. The molecule has 1 aliphatic rings. The van der Waals surface area contributed by atoms with Gasteiger partial charge in [-0.05, 0) is 18.6 Å². The predicted octanol–water partition coefficient (Wildman–Crippen LogP) is 1.19. The summed E-state index contributed by atoms with van der Waals surface area (Å²) < 4.78 is 0. The molecular formula is C14H20N4O. The van der Waals surface area contributed by atoms with E-state index in [0.29, 0.717) is 12.5 Å². The minimum Gasteiger partial charge on any atom is -0.369 e. The van der Waals surface area contributed by atoms with Gasteiger partial charge in [0.2, 0.25) is 5.91 Å². The largest absolute Gasteiger partial charge is 0.369 e. The summed E-state index contributed by atoms with van der Waals surface area (Å²) in [6.07, 6.45) is 0.921. The van der Waals surface area contributed by atoms with Crippen molar-refractivity contribution in [2.45, 2.75) is 13.3 Å². The first-order chi connectivity index (χ1) is 9.16. The van der Waals surface area contributed by atoms with Gasteiger partial charge in [-0.25, -0.2) is 4.99 Å². The minimum absolute atomic E-state index is 0.125. The molecule has 1 fully saturated rings. The van der Waals surface area contributed by atoms with Gasteiger partial charge in [-0.2, -0.15) is 0 Å². The number of nitrogens with zero attached hydrogens (tertiary/aromatic N) is 3. The van der Waals surface area contributed by atoms with E-state index in [1.54, 1.807) is 6.92 Å². The molecule has 1 aliphatic heterocycles. The average molecular weight is 260 g/mol. The predicted molar refractivity (Wildman–Crippen MR) is 76.2 cm³/mol. The lowest BCUT2D eigenvalue weighted by Crippen LogP contribution is -2.40. The molecule has 0 bridgehead atoms. The normalized spacial score (nSPS) is 17.2. The number of rotatable bonds is 1. The van der Waals surface area contributed by atoms with E-state index < -0.39 is 0 Å². The lowest BCUT2D eigenvalue weighted by Gasteiger charge is -2.22. The van der Waals surface area contributed by atoms with Gasteiger partial charge in [0.1, 0.15) is 0 Å². The standard InChI is InChI=1S/C14H20N4O/c1-12(19)17-8-5-9-18(11-10-17)14(15)16-13-6-3-2-4-7-13/h2-4,6-7H,5,8-11H2,1H3,(H2,15,16). The molecule has 19 heavy (non-hydrogen) atoms. The summed E-state index contributed by atoms with van der Waals surface area (Å²) >= 11 is 0. The highest BCUT2D eigenvalue weighted by atomic mass is 16.2. The van der Waals surface area contributed by atoms with E-state index in [1.807, 2.05) is 40.1 Å². The highest BCUT2D eigenvalue weighted by molar-refractivity contribution is 5.81. The Balaban J connectivity index is 2.02. The van der Waals surface area contributed by atoms with Crippen LogP contribution in [0.15, 0.2) is 35.3 Å². The Morgan fingerprint density at radius 3 is 2.42 bits per heavy atom. The molecule has 2 rings (SSSR count). The summed E-state index contributed by atoms with van der Waals surface area (Å²) in [6, 6.07) is 9.67. The Kier molecular flexibility index (Phi) is 4.39. The molecule has 0 saturated carbocycles. The van der Waals surface area contributed by atoms with E-state index >= 15 is 0 Å². The lowest BCUT2D eigenvalue weighted by molar-refractivity contribution is -0.128. The first kappa shape index (κ1) is 13.4. The molecule has 2 N–H and O–H groups in total. The van der Waals surface area contributed by atoms with Crippen LogP contribution >= 0.6 is 0 Å². The van der Waals surface area contributed by atoms with Gasteiger partial charge in [0.15, 0.2) is 5.96 Å². The number of aliphatic imine (C=N–C) groups is 1. The summed E-state index contributed by atoms with van der Waals surface area (Å²) in [6.45, 7) is 4.69. The van der Waals surface area contributed by atoms with Crippen LogP contribution in [-0.4, -0.2) is 47.8 Å². The quantitative estimate of drug-likeness (QED) is 0.609. The van der Waals surface area contributed by atoms with E-state index in [1.165, 1.54) is 0 Å². The maximum atomic E-state index is 11.4. The van der Waals surface area contributed by atoms with Crippen LogP contribution in [-0.2, 0) is 4.79 Å². The first-order valence-corrected chi connectivity index (χ1v) is 6.56. The molecule has 1 saturated heterocycles. The van der Waals surface area contributed by atoms with Crippen molar-refractivity contribution in [3.63, 3.8) is 0 Å². The number of nitrogens with two attached hydrogens (primary N) is 1. The fourth-order valence-corrected chi connectivity index (χ4v) is 2.17. The summed E-state index contributed by atoms with van der Waals surface area (Å²) in [5.41, 5.74) is 6.90. The molecule has 0 aliphatic carbocycles. The topological polar surface area (TPSA) is 61.9 Å².